The summed E-state index contributed by atoms with van der Waals surface area (Å²) >= 11 is 5.24. The van der Waals surface area contributed by atoms with E-state index in [4.69, 9.17) is 11.6 Å². The van der Waals surface area contributed by atoms with Gasteiger partial charge in [-0.1, -0.05) is 17.7 Å². The Balaban J connectivity index is 3.20. The molecule has 0 radical (unpaired) electrons. The monoisotopic (exact) mass is 191 g/mol. The van der Waals surface area contributed by atoms with E-state index < -0.39 is 22.7 Å². The van der Waals surface area contributed by atoms with Gasteiger partial charge in [0.25, 0.3) is 0 Å². The molecule has 0 saturated heterocycles. The van der Waals surface area contributed by atoms with Gasteiger partial charge in [-0.25, -0.2) is 8.78 Å². The molecule has 5 heteroatoms. The van der Waals surface area contributed by atoms with Crippen molar-refractivity contribution in [3.63, 3.8) is 0 Å². The lowest BCUT2D eigenvalue weighted by atomic mass is 10.2. The van der Waals surface area contributed by atoms with Crippen LogP contribution in [0.3, 0.4) is 0 Å². The molecular weight excluding hydrogens is 188 g/mol. The van der Waals surface area contributed by atoms with Crippen LogP contribution < -0.4 is 0 Å². The van der Waals surface area contributed by atoms with Crippen LogP contribution in [0.15, 0.2) is 23.4 Å². The zero-order valence-corrected chi connectivity index (χ0v) is 6.55. The maximum atomic E-state index is 12.8. The Hall–Kier alpha value is -1.03. The van der Waals surface area contributed by atoms with Crippen LogP contribution in [-0.2, 0) is 0 Å². The first-order chi connectivity index (χ1) is 5.66. The number of hydrogen-bond donors (Lipinski definition) is 0. The van der Waals surface area contributed by atoms with Crippen molar-refractivity contribution in [3.8, 4) is 0 Å². The van der Waals surface area contributed by atoms with Gasteiger partial charge in [-0.2, -0.15) is 0 Å². The maximum absolute atomic E-state index is 12.8. The molecule has 0 fully saturated rings. The second kappa shape index (κ2) is 3.58. The lowest BCUT2D eigenvalue weighted by molar-refractivity contribution is 0.553. The fourth-order valence-corrected chi connectivity index (χ4v) is 0.999. The van der Waals surface area contributed by atoms with Gasteiger partial charge in [0.15, 0.2) is 5.50 Å². The van der Waals surface area contributed by atoms with Crippen LogP contribution in [0.5, 0.6) is 0 Å². The number of hydrogen-bond acceptors (Lipinski definition) is 2. The smallest absolute Gasteiger partial charge is 0.196 e. The summed E-state index contributed by atoms with van der Waals surface area (Å²) in [6.45, 7) is 0. The number of benzene rings is 1. The molecule has 0 aromatic heterocycles. The molecule has 0 spiro atoms. The van der Waals surface area contributed by atoms with Crippen molar-refractivity contribution in [3.05, 3.63) is 40.3 Å². The molecule has 0 aliphatic carbocycles. The summed E-state index contributed by atoms with van der Waals surface area (Å²) in [5.41, 5.74) is -2.01. The molecule has 0 saturated carbocycles. The summed E-state index contributed by atoms with van der Waals surface area (Å²) in [6.07, 6.45) is 0. The third-order valence-electron chi connectivity index (χ3n) is 1.33. The van der Waals surface area contributed by atoms with Gasteiger partial charge in [0, 0.05) is 0 Å². The summed E-state index contributed by atoms with van der Waals surface area (Å²) < 4.78 is 25.5. The quantitative estimate of drug-likeness (QED) is 0.401. The van der Waals surface area contributed by atoms with E-state index in [1.807, 2.05) is 0 Å². The van der Waals surface area contributed by atoms with Crippen molar-refractivity contribution in [1.82, 2.24) is 0 Å². The molecule has 1 rings (SSSR count). The number of halogens is 3. The Labute approximate surface area is 72.1 Å². The molecule has 0 amide bonds. The first kappa shape index (κ1) is 9.06. The molecule has 2 nitrogen and oxygen atoms in total. The minimum absolute atomic E-state index is 0.505. The van der Waals surface area contributed by atoms with Gasteiger partial charge in [-0.15, -0.1) is 4.91 Å². The molecule has 0 bridgehead atoms. The van der Waals surface area contributed by atoms with Crippen LogP contribution in [0, 0.1) is 16.5 Å². The molecule has 1 aromatic rings. The summed E-state index contributed by atoms with van der Waals surface area (Å²) in [6, 6.07) is 3.21. The van der Waals surface area contributed by atoms with E-state index in [0.717, 1.165) is 12.1 Å². The Morgan fingerprint density at radius 1 is 1.33 bits per heavy atom. The highest BCUT2D eigenvalue weighted by molar-refractivity contribution is 6.20. The Morgan fingerprint density at radius 2 is 1.83 bits per heavy atom. The molecule has 1 unspecified atom stereocenters. The second-order valence-electron chi connectivity index (χ2n) is 2.08. The zero-order chi connectivity index (χ0) is 9.14. The van der Waals surface area contributed by atoms with E-state index in [1.165, 1.54) is 6.07 Å². The van der Waals surface area contributed by atoms with Crippen molar-refractivity contribution in [2.45, 2.75) is 5.50 Å². The van der Waals surface area contributed by atoms with Crippen LogP contribution in [-0.4, -0.2) is 0 Å². The average Bonchev–Trinajstić information content (AvgIpc) is 2.03. The third kappa shape index (κ3) is 1.58. The normalized spacial score (nSPS) is 12.6. The Bertz CT molecular complexity index is 285. The third-order valence-corrected chi connectivity index (χ3v) is 1.63. The van der Waals surface area contributed by atoms with Crippen molar-refractivity contribution >= 4 is 11.6 Å². The van der Waals surface area contributed by atoms with E-state index in [1.54, 1.807) is 0 Å². The van der Waals surface area contributed by atoms with Gasteiger partial charge < -0.3 is 0 Å². The fraction of sp³-hybridized carbons (Fsp3) is 0.143. The summed E-state index contributed by atoms with van der Waals surface area (Å²) in [4.78, 5) is 9.89. The van der Waals surface area contributed by atoms with Crippen LogP contribution in [0.4, 0.5) is 8.78 Å². The summed E-state index contributed by atoms with van der Waals surface area (Å²) in [7, 11) is 0. The molecule has 0 aliphatic heterocycles. The van der Waals surface area contributed by atoms with E-state index in [-0.39, 0.29) is 0 Å². The predicted molar refractivity (Wildman–Crippen MR) is 40.7 cm³/mol. The molecule has 12 heavy (non-hydrogen) atoms. The minimum atomic E-state index is -1.51. The van der Waals surface area contributed by atoms with Crippen molar-refractivity contribution in [1.29, 1.82) is 0 Å². The van der Waals surface area contributed by atoms with E-state index >= 15 is 0 Å². The number of nitroso groups, excluding NO2 is 1. The number of rotatable bonds is 2. The van der Waals surface area contributed by atoms with E-state index in [0.29, 0.717) is 0 Å². The molecule has 0 heterocycles. The lowest BCUT2D eigenvalue weighted by Crippen LogP contribution is -1.95. The first-order valence-electron chi connectivity index (χ1n) is 3.07. The average molecular weight is 192 g/mol. The molecule has 0 aliphatic rings. The second-order valence-corrected chi connectivity index (χ2v) is 2.49. The first-order valence-corrected chi connectivity index (χ1v) is 3.51. The van der Waals surface area contributed by atoms with Gasteiger partial charge >= 0.3 is 0 Å². The highest BCUT2D eigenvalue weighted by Crippen LogP contribution is 2.26. The highest BCUT2D eigenvalue weighted by Gasteiger charge is 2.17. The topological polar surface area (TPSA) is 29.4 Å². The van der Waals surface area contributed by atoms with Crippen molar-refractivity contribution < 1.29 is 8.78 Å². The SMILES string of the molecule is O=NC(Cl)c1c(F)cccc1F. The van der Waals surface area contributed by atoms with Crippen LogP contribution in [0.1, 0.15) is 11.1 Å². The van der Waals surface area contributed by atoms with Crippen molar-refractivity contribution in [2.75, 3.05) is 0 Å². The summed E-state index contributed by atoms with van der Waals surface area (Å²) in [5, 5.41) is 2.32. The minimum Gasteiger partial charge on any atom is -0.206 e. The van der Waals surface area contributed by atoms with Gasteiger partial charge in [-0.05, 0) is 17.3 Å². The van der Waals surface area contributed by atoms with Gasteiger partial charge in [0.1, 0.15) is 11.6 Å². The highest BCUT2D eigenvalue weighted by atomic mass is 35.5. The molecule has 0 N–H and O–H groups in total. The number of nitrogens with zero attached hydrogens (tertiary/aromatic N) is 1. The van der Waals surface area contributed by atoms with Gasteiger partial charge in [0.05, 0.1) is 5.56 Å². The van der Waals surface area contributed by atoms with Gasteiger partial charge in [-0.3, -0.25) is 0 Å². The zero-order valence-electron chi connectivity index (χ0n) is 5.80. The maximum Gasteiger partial charge on any atom is 0.196 e. The standard InChI is InChI=1S/C7H4ClF2NO/c8-7(11-12)6-4(9)2-1-3-5(6)10/h1-3,7H. The predicted octanol–water partition coefficient (Wildman–Crippen LogP) is 2.97. The van der Waals surface area contributed by atoms with E-state index in [2.05, 4.69) is 5.18 Å². The van der Waals surface area contributed by atoms with Crippen molar-refractivity contribution in [2.24, 2.45) is 5.18 Å². The molecule has 1 atom stereocenters. The molecule has 1 aromatic carbocycles. The number of alkyl halides is 1. The van der Waals surface area contributed by atoms with Crippen LogP contribution in [0.25, 0.3) is 0 Å². The van der Waals surface area contributed by atoms with Crippen LogP contribution in [0.2, 0.25) is 0 Å². The molecule has 64 valence electrons. The van der Waals surface area contributed by atoms with E-state index in [9.17, 15) is 13.7 Å². The lowest BCUT2D eigenvalue weighted by Gasteiger charge is -2.03. The van der Waals surface area contributed by atoms with Crippen LogP contribution >= 0.6 is 11.6 Å². The Morgan fingerprint density at radius 3 is 2.25 bits per heavy atom. The fourth-order valence-electron chi connectivity index (χ4n) is 0.791. The Kier molecular flexibility index (Phi) is 2.70. The van der Waals surface area contributed by atoms with Gasteiger partial charge in [0.2, 0.25) is 0 Å². The molecular formula is C7H4ClF2NO. The largest absolute Gasteiger partial charge is 0.206 e. The summed E-state index contributed by atoms with van der Waals surface area (Å²) in [5.74, 6) is -1.73.